The van der Waals surface area contributed by atoms with Gasteiger partial charge in [0.1, 0.15) is 19.0 Å². The number of hydrogen-bond donors (Lipinski definition) is 0. The number of fused-ring (bicyclic) bond motifs is 1. The van der Waals surface area contributed by atoms with Crippen molar-refractivity contribution < 1.29 is 9.57 Å². The van der Waals surface area contributed by atoms with Crippen LogP contribution in [-0.4, -0.2) is 22.7 Å². The quantitative estimate of drug-likeness (QED) is 0.379. The molecule has 0 fully saturated rings. The largest absolute Gasteiger partial charge is 0.489 e. The van der Waals surface area contributed by atoms with Crippen LogP contribution >= 0.6 is 11.6 Å². The number of rotatable bonds is 7. The van der Waals surface area contributed by atoms with Gasteiger partial charge >= 0.3 is 0 Å². The second-order valence-corrected chi connectivity index (χ2v) is 7.98. The van der Waals surface area contributed by atoms with Crippen LogP contribution in [-0.2, 0) is 24.5 Å². The SMILES string of the molecule is Clc1cccc(COc2ccc3c(c2)c(CN2CN=CO2)cn3Cc2ccccc2)c1. The van der Waals surface area contributed by atoms with Gasteiger partial charge in [-0.3, -0.25) is 0 Å². The molecule has 1 aliphatic heterocycles. The van der Waals surface area contributed by atoms with Crippen LogP contribution in [0.25, 0.3) is 10.9 Å². The van der Waals surface area contributed by atoms with Crippen LogP contribution < -0.4 is 4.74 Å². The Kier molecular flexibility index (Phi) is 5.61. The number of ether oxygens (including phenoxy) is 1. The van der Waals surface area contributed by atoms with Crippen molar-refractivity contribution in [3.63, 3.8) is 0 Å². The van der Waals surface area contributed by atoms with E-state index in [1.807, 2.05) is 41.5 Å². The molecule has 0 amide bonds. The predicted molar refractivity (Wildman–Crippen MR) is 123 cm³/mol. The number of halogens is 1. The molecular formula is C25H22ClN3O2. The molecule has 6 heteroatoms. The van der Waals surface area contributed by atoms with Crippen molar-refractivity contribution >= 4 is 28.9 Å². The maximum atomic E-state index is 6.09. The summed E-state index contributed by atoms with van der Waals surface area (Å²) in [6.45, 7) is 2.46. The summed E-state index contributed by atoms with van der Waals surface area (Å²) in [5, 5.41) is 3.70. The molecule has 31 heavy (non-hydrogen) atoms. The standard InChI is InChI=1S/C25H22ClN3O2/c26-22-8-4-7-20(11-22)16-30-23-9-10-25-24(12-23)21(15-29-17-27-18-31-29)14-28(25)13-19-5-2-1-3-6-19/h1-12,14,18H,13,15-17H2. The zero-order chi connectivity index (χ0) is 21.0. The van der Waals surface area contributed by atoms with Crippen LogP contribution in [0.15, 0.2) is 84.0 Å². The molecule has 0 aliphatic carbocycles. The highest BCUT2D eigenvalue weighted by Gasteiger charge is 2.16. The van der Waals surface area contributed by atoms with Crippen molar-refractivity contribution in [1.82, 2.24) is 9.63 Å². The molecule has 2 heterocycles. The van der Waals surface area contributed by atoms with Gasteiger partial charge in [-0.25, -0.2) is 4.99 Å². The molecule has 3 aromatic carbocycles. The third-order valence-corrected chi connectivity index (χ3v) is 5.52. The van der Waals surface area contributed by atoms with Crippen molar-refractivity contribution in [2.45, 2.75) is 19.7 Å². The molecule has 4 aromatic rings. The minimum atomic E-state index is 0.467. The molecule has 0 saturated heterocycles. The lowest BCUT2D eigenvalue weighted by molar-refractivity contribution is -0.0515. The fourth-order valence-corrected chi connectivity index (χ4v) is 4.02. The predicted octanol–water partition coefficient (Wildman–Crippen LogP) is 5.66. The van der Waals surface area contributed by atoms with E-state index in [4.69, 9.17) is 21.2 Å². The van der Waals surface area contributed by atoms with E-state index in [0.717, 1.165) is 28.8 Å². The lowest BCUT2D eigenvalue weighted by Crippen LogP contribution is -2.17. The van der Waals surface area contributed by atoms with E-state index in [-0.39, 0.29) is 0 Å². The highest BCUT2D eigenvalue weighted by molar-refractivity contribution is 6.30. The summed E-state index contributed by atoms with van der Waals surface area (Å²) in [6.07, 6.45) is 3.68. The van der Waals surface area contributed by atoms with Gasteiger partial charge in [-0.15, -0.1) is 5.06 Å². The van der Waals surface area contributed by atoms with Crippen molar-refractivity contribution in [2.24, 2.45) is 4.99 Å². The Labute approximate surface area is 186 Å². The Morgan fingerprint density at radius 3 is 2.61 bits per heavy atom. The van der Waals surface area contributed by atoms with Crippen LogP contribution in [0.5, 0.6) is 5.75 Å². The Morgan fingerprint density at radius 2 is 1.81 bits per heavy atom. The molecule has 0 bridgehead atoms. The zero-order valence-electron chi connectivity index (χ0n) is 16.9. The smallest absolute Gasteiger partial charge is 0.198 e. The average Bonchev–Trinajstić information content (AvgIpc) is 3.42. The summed E-state index contributed by atoms with van der Waals surface area (Å²) in [4.78, 5) is 9.61. The van der Waals surface area contributed by atoms with Crippen molar-refractivity contribution in [1.29, 1.82) is 0 Å². The van der Waals surface area contributed by atoms with Gasteiger partial charge in [-0.2, -0.15) is 0 Å². The number of benzene rings is 3. The minimum absolute atomic E-state index is 0.467. The first-order valence-electron chi connectivity index (χ1n) is 10.2. The molecule has 5 nitrogen and oxygen atoms in total. The molecule has 0 N–H and O–H groups in total. The summed E-state index contributed by atoms with van der Waals surface area (Å²) < 4.78 is 8.35. The molecule has 5 rings (SSSR count). The highest BCUT2D eigenvalue weighted by Crippen LogP contribution is 2.29. The van der Waals surface area contributed by atoms with Gasteiger partial charge in [0.2, 0.25) is 0 Å². The van der Waals surface area contributed by atoms with Gasteiger partial charge in [-0.1, -0.05) is 54.1 Å². The van der Waals surface area contributed by atoms with E-state index >= 15 is 0 Å². The molecule has 156 valence electrons. The Hall–Kier alpha value is -3.28. The van der Waals surface area contributed by atoms with Crippen molar-refractivity contribution in [3.05, 3.63) is 101 Å². The number of hydrogen-bond acceptors (Lipinski definition) is 4. The monoisotopic (exact) mass is 431 g/mol. The Balaban J connectivity index is 1.44. The molecule has 1 aromatic heterocycles. The summed E-state index contributed by atoms with van der Waals surface area (Å²) in [6, 6.07) is 24.4. The number of nitrogens with zero attached hydrogens (tertiary/aromatic N) is 3. The molecule has 0 unspecified atom stereocenters. The normalized spacial score (nSPS) is 13.6. The molecule has 0 radical (unpaired) electrons. The lowest BCUT2D eigenvalue weighted by Gasteiger charge is -2.12. The fraction of sp³-hybridized carbons (Fsp3) is 0.160. The summed E-state index contributed by atoms with van der Waals surface area (Å²) in [5.74, 6) is 0.824. The van der Waals surface area contributed by atoms with E-state index in [0.29, 0.717) is 24.8 Å². The van der Waals surface area contributed by atoms with Gasteiger partial charge in [0.15, 0.2) is 6.40 Å². The topological polar surface area (TPSA) is 39.0 Å². The summed E-state index contributed by atoms with van der Waals surface area (Å²) in [7, 11) is 0. The Morgan fingerprint density at radius 1 is 0.935 bits per heavy atom. The highest BCUT2D eigenvalue weighted by atomic mass is 35.5. The van der Waals surface area contributed by atoms with Gasteiger partial charge in [0.05, 0.1) is 6.54 Å². The van der Waals surface area contributed by atoms with E-state index < -0.39 is 0 Å². The van der Waals surface area contributed by atoms with Crippen LogP contribution in [0.3, 0.4) is 0 Å². The number of aromatic nitrogens is 1. The van der Waals surface area contributed by atoms with Crippen LogP contribution in [0.1, 0.15) is 16.7 Å². The second kappa shape index (κ2) is 8.84. The van der Waals surface area contributed by atoms with Gasteiger partial charge in [0, 0.05) is 28.7 Å². The van der Waals surface area contributed by atoms with Crippen molar-refractivity contribution in [2.75, 3.05) is 6.67 Å². The first-order chi connectivity index (χ1) is 15.2. The van der Waals surface area contributed by atoms with Crippen molar-refractivity contribution in [3.8, 4) is 5.75 Å². The maximum Gasteiger partial charge on any atom is 0.198 e. The van der Waals surface area contributed by atoms with E-state index in [1.54, 1.807) is 0 Å². The Bertz CT molecular complexity index is 1210. The maximum absolute atomic E-state index is 6.09. The first-order valence-corrected chi connectivity index (χ1v) is 10.6. The molecule has 0 spiro atoms. The first kappa shape index (κ1) is 19.7. The zero-order valence-corrected chi connectivity index (χ0v) is 17.7. The number of hydroxylamine groups is 2. The van der Waals surface area contributed by atoms with E-state index in [1.165, 1.54) is 17.5 Å². The summed E-state index contributed by atoms with van der Waals surface area (Å²) >= 11 is 6.09. The van der Waals surface area contributed by atoms with Crippen LogP contribution in [0.4, 0.5) is 0 Å². The third-order valence-electron chi connectivity index (χ3n) is 5.28. The van der Waals surface area contributed by atoms with Gasteiger partial charge in [-0.05, 0) is 47.0 Å². The number of aliphatic imine (C=N–C) groups is 1. The molecule has 0 atom stereocenters. The lowest BCUT2D eigenvalue weighted by atomic mass is 10.1. The minimum Gasteiger partial charge on any atom is -0.489 e. The summed E-state index contributed by atoms with van der Waals surface area (Å²) in [5.41, 5.74) is 4.63. The fourth-order valence-electron chi connectivity index (χ4n) is 3.81. The van der Waals surface area contributed by atoms with Crippen LogP contribution in [0, 0.1) is 0 Å². The molecule has 0 saturated carbocycles. The van der Waals surface area contributed by atoms with E-state index in [9.17, 15) is 0 Å². The second-order valence-electron chi connectivity index (χ2n) is 7.54. The van der Waals surface area contributed by atoms with E-state index in [2.05, 4.69) is 52.2 Å². The van der Waals surface area contributed by atoms with Gasteiger partial charge in [0.25, 0.3) is 0 Å². The average molecular weight is 432 g/mol. The molecular weight excluding hydrogens is 410 g/mol. The third kappa shape index (κ3) is 4.58. The molecule has 1 aliphatic rings. The van der Waals surface area contributed by atoms with Crippen LogP contribution in [0.2, 0.25) is 5.02 Å². The van der Waals surface area contributed by atoms with Gasteiger partial charge < -0.3 is 14.1 Å².